The lowest BCUT2D eigenvalue weighted by Crippen LogP contribution is -2.35. The molecule has 1 fully saturated rings. The molecule has 2 heterocycles. The molecule has 0 bridgehead atoms. The van der Waals surface area contributed by atoms with Gasteiger partial charge in [0, 0.05) is 37.0 Å². The second-order valence-corrected chi connectivity index (χ2v) is 7.76. The third kappa shape index (κ3) is 4.62. The fourth-order valence-electron chi connectivity index (χ4n) is 3.85. The average molecular weight is 418 g/mol. The van der Waals surface area contributed by atoms with E-state index in [1.807, 2.05) is 54.6 Å². The van der Waals surface area contributed by atoms with Crippen molar-refractivity contribution in [3.63, 3.8) is 0 Å². The first kappa shape index (κ1) is 20.7. The molecule has 1 aliphatic rings. The summed E-state index contributed by atoms with van der Waals surface area (Å²) < 4.78 is 5.87. The Morgan fingerprint density at radius 2 is 1.71 bits per heavy atom. The molecule has 6 N–H and O–H groups in total. The minimum absolute atomic E-state index is 0.116. The maximum Gasteiger partial charge on any atom is 0.131 e. The van der Waals surface area contributed by atoms with Crippen LogP contribution in [0.1, 0.15) is 18.4 Å². The highest BCUT2D eigenvalue weighted by Crippen LogP contribution is 2.33. The van der Waals surface area contributed by atoms with Crippen LogP contribution in [0.15, 0.2) is 60.7 Å². The summed E-state index contributed by atoms with van der Waals surface area (Å²) in [5, 5.41) is 17.4. The Morgan fingerprint density at radius 3 is 2.32 bits per heavy atom. The fraction of sp³-hybridized carbons (Fsp3) is 0.250. The van der Waals surface area contributed by atoms with E-state index in [0.29, 0.717) is 28.6 Å². The summed E-state index contributed by atoms with van der Waals surface area (Å²) in [6.07, 6.45) is 1.82. The first-order valence-corrected chi connectivity index (χ1v) is 10.4. The van der Waals surface area contributed by atoms with Crippen LogP contribution in [0.5, 0.6) is 11.5 Å². The van der Waals surface area contributed by atoms with Crippen molar-refractivity contribution in [1.29, 1.82) is 5.41 Å². The summed E-state index contributed by atoms with van der Waals surface area (Å²) in [6, 6.07) is 18.9. The van der Waals surface area contributed by atoms with Crippen LogP contribution in [0.2, 0.25) is 0 Å². The highest BCUT2D eigenvalue weighted by atomic mass is 16.5. The summed E-state index contributed by atoms with van der Waals surface area (Å²) in [4.78, 5) is 7.00. The number of benzene rings is 2. The molecule has 0 amide bonds. The number of anilines is 2. The van der Waals surface area contributed by atoms with Crippen LogP contribution in [0.3, 0.4) is 0 Å². The number of nitrogens with zero attached hydrogens (tertiary/aromatic N) is 2. The van der Waals surface area contributed by atoms with Gasteiger partial charge >= 0.3 is 0 Å². The van der Waals surface area contributed by atoms with Gasteiger partial charge in [-0.05, 0) is 55.2 Å². The van der Waals surface area contributed by atoms with Crippen LogP contribution in [-0.4, -0.2) is 35.6 Å². The minimum atomic E-state index is -0.116. The van der Waals surface area contributed by atoms with E-state index in [0.717, 1.165) is 43.1 Å². The molecule has 0 saturated carbocycles. The van der Waals surface area contributed by atoms with E-state index in [1.54, 1.807) is 6.07 Å². The lowest BCUT2D eigenvalue weighted by atomic mass is 9.97. The van der Waals surface area contributed by atoms with E-state index in [4.69, 9.17) is 26.6 Å². The quantitative estimate of drug-likeness (QED) is 0.359. The van der Waals surface area contributed by atoms with Crippen molar-refractivity contribution in [2.45, 2.75) is 12.8 Å². The van der Waals surface area contributed by atoms with Gasteiger partial charge in [-0.25, -0.2) is 4.98 Å². The van der Waals surface area contributed by atoms with Gasteiger partial charge in [0.15, 0.2) is 0 Å². The number of hydrogen-bond donors (Lipinski definition) is 4. The molecule has 160 valence electrons. The second-order valence-electron chi connectivity index (χ2n) is 7.76. The lowest BCUT2D eigenvalue weighted by Gasteiger charge is -2.32. The van der Waals surface area contributed by atoms with Crippen molar-refractivity contribution in [1.82, 2.24) is 4.98 Å². The number of aromatic nitrogens is 1. The maximum atomic E-state index is 9.40. The van der Waals surface area contributed by atoms with Crippen molar-refractivity contribution in [3.8, 4) is 22.8 Å². The monoisotopic (exact) mass is 417 g/mol. The van der Waals surface area contributed by atoms with Crippen LogP contribution in [0, 0.1) is 11.3 Å². The van der Waals surface area contributed by atoms with E-state index in [-0.39, 0.29) is 12.4 Å². The highest BCUT2D eigenvalue weighted by Gasteiger charge is 2.22. The Bertz CT molecular complexity index is 1050. The zero-order chi connectivity index (χ0) is 21.8. The molecule has 0 radical (unpaired) electrons. The molecule has 0 unspecified atom stereocenters. The molecule has 1 aromatic heterocycles. The fourth-order valence-corrected chi connectivity index (χ4v) is 3.85. The van der Waals surface area contributed by atoms with Gasteiger partial charge in [0.05, 0.1) is 11.3 Å². The predicted octanol–water partition coefficient (Wildman–Crippen LogP) is 3.62. The second kappa shape index (κ2) is 9.06. The van der Waals surface area contributed by atoms with Crippen molar-refractivity contribution in [2.24, 2.45) is 11.7 Å². The van der Waals surface area contributed by atoms with Crippen LogP contribution in [0.25, 0.3) is 11.3 Å². The van der Waals surface area contributed by atoms with Gasteiger partial charge in [-0.3, -0.25) is 5.41 Å². The third-order valence-electron chi connectivity index (χ3n) is 5.61. The summed E-state index contributed by atoms with van der Waals surface area (Å²) >= 11 is 0. The summed E-state index contributed by atoms with van der Waals surface area (Å²) in [5.74, 6) is 2.44. The van der Waals surface area contributed by atoms with Crippen LogP contribution < -0.4 is 21.1 Å². The Hall–Kier alpha value is -3.58. The smallest absolute Gasteiger partial charge is 0.131 e. The number of nitrogens with two attached hydrogens (primary N) is 2. The Labute approximate surface area is 181 Å². The van der Waals surface area contributed by atoms with E-state index in [2.05, 4.69) is 4.90 Å². The number of nitrogen functional groups attached to an aromatic ring is 2. The lowest BCUT2D eigenvalue weighted by molar-refractivity contribution is 0.203. The van der Waals surface area contributed by atoms with E-state index in [1.165, 1.54) is 0 Å². The van der Waals surface area contributed by atoms with Crippen molar-refractivity contribution in [2.75, 3.05) is 30.3 Å². The molecule has 3 aromatic rings. The van der Waals surface area contributed by atoms with Gasteiger partial charge in [0.2, 0.25) is 0 Å². The Balaban J connectivity index is 1.64. The number of pyridine rings is 1. The van der Waals surface area contributed by atoms with Crippen LogP contribution >= 0.6 is 0 Å². The molecule has 0 atom stereocenters. The molecule has 1 aliphatic heterocycles. The number of hydrogen-bond acceptors (Lipinski definition) is 6. The van der Waals surface area contributed by atoms with Crippen LogP contribution in [-0.2, 0) is 0 Å². The van der Waals surface area contributed by atoms with Crippen molar-refractivity contribution >= 4 is 17.3 Å². The predicted molar refractivity (Wildman–Crippen MR) is 124 cm³/mol. The topological polar surface area (TPSA) is 121 Å². The number of para-hydroxylation sites is 1. The minimum Gasteiger partial charge on any atom is -0.457 e. The Kier molecular flexibility index (Phi) is 6.04. The molecule has 31 heavy (non-hydrogen) atoms. The number of piperidine rings is 1. The molecular formula is C24H27N5O2. The van der Waals surface area contributed by atoms with Gasteiger partial charge in [-0.15, -0.1) is 0 Å². The van der Waals surface area contributed by atoms with Gasteiger partial charge in [0.25, 0.3) is 0 Å². The third-order valence-corrected chi connectivity index (χ3v) is 5.61. The molecule has 4 rings (SSSR count). The number of aliphatic hydroxyl groups excluding tert-OH is 1. The maximum absolute atomic E-state index is 9.40. The number of amidine groups is 1. The van der Waals surface area contributed by atoms with Gasteiger partial charge in [0.1, 0.15) is 23.2 Å². The number of nitrogens with one attached hydrogen (secondary N) is 1. The van der Waals surface area contributed by atoms with Crippen molar-refractivity contribution in [3.05, 3.63) is 66.2 Å². The standard InChI is InChI=1S/C24H27N5O2/c25-20-14-21(29-12-10-16(15-30)11-13-29)28-23(22(20)24(26)27)17-6-8-19(9-7-17)31-18-4-2-1-3-5-18/h1-9,14,16,30H,10-13,15H2,(H2,25,28)(H3,26,27). The van der Waals surface area contributed by atoms with E-state index in [9.17, 15) is 5.11 Å². The molecule has 0 spiro atoms. The zero-order valence-corrected chi connectivity index (χ0v) is 17.3. The van der Waals surface area contributed by atoms with Crippen molar-refractivity contribution < 1.29 is 9.84 Å². The van der Waals surface area contributed by atoms with E-state index < -0.39 is 0 Å². The number of aliphatic hydroxyl groups is 1. The van der Waals surface area contributed by atoms with E-state index >= 15 is 0 Å². The van der Waals surface area contributed by atoms with Gasteiger partial charge in [-0.2, -0.15) is 0 Å². The summed E-state index contributed by atoms with van der Waals surface area (Å²) in [6.45, 7) is 1.83. The first-order chi connectivity index (χ1) is 15.0. The molecular weight excluding hydrogens is 390 g/mol. The molecule has 7 heteroatoms. The molecule has 1 saturated heterocycles. The number of rotatable bonds is 6. The largest absolute Gasteiger partial charge is 0.457 e. The summed E-state index contributed by atoms with van der Waals surface area (Å²) in [7, 11) is 0. The Morgan fingerprint density at radius 1 is 1.06 bits per heavy atom. The molecule has 2 aromatic carbocycles. The van der Waals surface area contributed by atoms with Gasteiger partial charge in [-0.1, -0.05) is 18.2 Å². The first-order valence-electron chi connectivity index (χ1n) is 10.4. The molecule has 7 nitrogen and oxygen atoms in total. The average Bonchev–Trinajstić information content (AvgIpc) is 2.79. The zero-order valence-electron chi connectivity index (χ0n) is 17.3. The SMILES string of the molecule is N=C(N)c1c(N)cc(N2CCC(CO)CC2)nc1-c1ccc(Oc2ccccc2)cc1. The summed E-state index contributed by atoms with van der Waals surface area (Å²) in [5.41, 5.74) is 14.4. The normalized spacial score (nSPS) is 14.4. The molecule has 0 aliphatic carbocycles. The van der Waals surface area contributed by atoms with Crippen LogP contribution in [0.4, 0.5) is 11.5 Å². The highest BCUT2D eigenvalue weighted by molar-refractivity contribution is 6.05. The number of ether oxygens (including phenoxy) is 1. The van der Waals surface area contributed by atoms with Gasteiger partial charge < -0.3 is 26.2 Å².